The first-order valence-corrected chi connectivity index (χ1v) is 10.1. The third kappa shape index (κ3) is 3.39. The fraction of sp³-hybridized carbons (Fsp3) is 0.316. The van der Waals surface area contributed by atoms with E-state index in [1.165, 1.54) is 4.31 Å². The largest absolute Gasteiger partial charge is 0.476 e. The van der Waals surface area contributed by atoms with Gasteiger partial charge < -0.3 is 10.1 Å². The van der Waals surface area contributed by atoms with Crippen molar-refractivity contribution < 1.29 is 17.9 Å². The third-order valence-corrected chi connectivity index (χ3v) is 6.20. The summed E-state index contributed by atoms with van der Waals surface area (Å²) in [5.41, 5.74) is 3.07. The van der Waals surface area contributed by atoms with Crippen LogP contribution in [0.3, 0.4) is 0 Å². The average Bonchev–Trinajstić information content (AvgIpc) is 2.63. The zero-order valence-corrected chi connectivity index (χ0v) is 15.8. The van der Waals surface area contributed by atoms with Crippen molar-refractivity contribution in [2.45, 2.75) is 26.9 Å². The Morgan fingerprint density at radius 1 is 1.15 bits per heavy atom. The highest BCUT2D eigenvalue weighted by atomic mass is 32.2. The number of hydrogen-bond acceptors (Lipinski definition) is 4. The Balaban J connectivity index is 1.91. The topological polar surface area (TPSA) is 75.7 Å². The van der Waals surface area contributed by atoms with E-state index >= 15 is 0 Å². The molecule has 0 aromatic heterocycles. The first-order valence-electron chi connectivity index (χ1n) is 8.46. The second-order valence-electron chi connectivity index (χ2n) is 6.26. The molecular formula is C19H22N2O4S. The van der Waals surface area contributed by atoms with Gasteiger partial charge in [0.1, 0.15) is 5.75 Å². The van der Waals surface area contributed by atoms with Gasteiger partial charge in [0, 0.05) is 5.69 Å². The minimum Gasteiger partial charge on any atom is -0.476 e. The van der Waals surface area contributed by atoms with Gasteiger partial charge in [0.25, 0.3) is 5.91 Å². The number of carbonyl (C=O) groups is 1. The quantitative estimate of drug-likeness (QED) is 0.893. The molecular weight excluding hydrogens is 352 g/mol. The maximum Gasteiger partial charge on any atom is 0.267 e. The fourth-order valence-corrected chi connectivity index (χ4v) is 4.10. The van der Waals surface area contributed by atoms with Gasteiger partial charge in [0.2, 0.25) is 10.0 Å². The Hall–Kier alpha value is -2.54. The highest BCUT2D eigenvalue weighted by molar-refractivity contribution is 7.92. The molecule has 2 aromatic carbocycles. The lowest BCUT2D eigenvalue weighted by molar-refractivity contribution is -0.122. The van der Waals surface area contributed by atoms with Gasteiger partial charge in [-0.2, -0.15) is 0 Å². The predicted octanol–water partition coefficient (Wildman–Crippen LogP) is 2.86. The highest BCUT2D eigenvalue weighted by Crippen LogP contribution is 2.35. The van der Waals surface area contributed by atoms with Crippen LogP contribution in [0.15, 0.2) is 42.5 Å². The summed E-state index contributed by atoms with van der Waals surface area (Å²) in [6.45, 7) is 5.35. The molecule has 1 N–H and O–H groups in total. The predicted molar refractivity (Wildman–Crippen MR) is 102 cm³/mol. The van der Waals surface area contributed by atoms with Crippen LogP contribution in [0.25, 0.3) is 0 Å². The van der Waals surface area contributed by atoms with Gasteiger partial charge in [0.05, 0.1) is 18.0 Å². The van der Waals surface area contributed by atoms with Gasteiger partial charge >= 0.3 is 0 Å². The number of nitrogens with one attached hydrogen (secondary N) is 1. The van der Waals surface area contributed by atoms with Gasteiger partial charge in [-0.1, -0.05) is 30.3 Å². The van der Waals surface area contributed by atoms with E-state index in [-0.39, 0.29) is 18.2 Å². The van der Waals surface area contributed by atoms with Gasteiger partial charge in [-0.25, -0.2) is 8.42 Å². The van der Waals surface area contributed by atoms with Crippen molar-refractivity contribution in [3.05, 3.63) is 53.6 Å². The van der Waals surface area contributed by atoms with Crippen LogP contribution >= 0.6 is 0 Å². The molecule has 0 spiro atoms. The standard InChI is InChI=1S/C19H22N2O4S/c1-4-26(23,24)21-12-17(25-16-11-6-5-10-15(16)21)19(22)20-18-13(2)8-7-9-14(18)3/h5-11,17H,4,12H2,1-3H3,(H,20,22). The smallest absolute Gasteiger partial charge is 0.267 e. The zero-order valence-electron chi connectivity index (χ0n) is 15.0. The molecule has 1 unspecified atom stereocenters. The number of anilines is 2. The molecule has 6 nitrogen and oxygen atoms in total. The fourth-order valence-electron chi connectivity index (χ4n) is 2.97. The van der Waals surface area contributed by atoms with Gasteiger partial charge in [0.15, 0.2) is 6.10 Å². The first kappa shape index (κ1) is 18.3. The van der Waals surface area contributed by atoms with Crippen molar-refractivity contribution in [3.8, 4) is 5.75 Å². The normalized spacial score (nSPS) is 16.6. The van der Waals surface area contributed by atoms with E-state index in [0.717, 1.165) is 16.8 Å². The minimum atomic E-state index is -3.52. The SMILES string of the molecule is CCS(=O)(=O)N1CC(C(=O)Nc2c(C)cccc2C)Oc2ccccc21. The van der Waals surface area contributed by atoms with Crippen LogP contribution in [-0.2, 0) is 14.8 Å². The minimum absolute atomic E-state index is 0.0490. The number of hydrogen-bond donors (Lipinski definition) is 1. The second kappa shape index (κ2) is 6.99. The Morgan fingerprint density at radius 3 is 2.46 bits per heavy atom. The molecule has 0 radical (unpaired) electrons. The third-order valence-electron chi connectivity index (χ3n) is 4.46. The molecule has 7 heteroatoms. The lowest BCUT2D eigenvalue weighted by Gasteiger charge is -2.34. The van der Waals surface area contributed by atoms with Gasteiger partial charge in [-0.05, 0) is 44.0 Å². The molecule has 0 saturated carbocycles. The number of aryl methyl sites for hydroxylation is 2. The van der Waals surface area contributed by atoms with E-state index in [0.29, 0.717) is 11.4 Å². The van der Waals surface area contributed by atoms with Crippen LogP contribution in [0.1, 0.15) is 18.1 Å². The second-order valence-corrected chi connectivity index (χ2v) is 8.44. The number of ether oxygens (including phenoxy) is 1. The van der Waals surface area contributed by atoms with Crippen LogP contribution in [0.2, 0.25) is 0 Å². The maximum atomic E-state index is 12.8. The molecule has 2 aromatic rings. The van der Waals surface area contributed by atoms with E-state index in [9.17, 15) is 13.2 Å². The number of nitrogens with zero attached hydrogens (tertiary/aromatic N) is 1. The van der Waals surface area contributed by atoms with Gasteiger partial charge in [-0.15, -0.1) is 0 Å². The number of rotatable bonds is 4. The van der Waals surface area contributed by atoms with Crippen molar-refractivity contribution in [3.63, 3.8) is 0 Å². The molecule has 0 saturated heterocycles. The summed E-state index contributed by atoms with van der Waals surface area (Å²) >= 11 is 0. The molecule has 0 aliphatic carbocycles. The molecule has 3 rings (SSSR count). The maximum absolute atomic E-state index is 12.8. The van der Waals surface area contributed by atoms with E-state index in [2.05, 4.69) is 5.32 Å². The van der Waals surface area contributed by atoms with E-state index in [4.69, 9.17) is 4.74 Å². The number of amides is 1. The van der Waals surface area contributed by atoms with Crippen molar-refractivity contribution in [1.29, 1.82) is 0 Å². The average molecular weight is 374 g/mol. The monoisotopic (exact) mass is 374 g/mol. The number of sulfonamides is 1. The van der Waals surface area contributed by atoms with Crippen molar-refractivity contribution in [1.82, 2.24) is 0 Å². The summed E-state index contributed by atoms with van der Waals surface area (Å²) in [5.74, 6) is -0.0299. The summed E-state index contributed by atoms with van der Waals surface area (Å²) in [5, 5.41) is 2.88. The molecule has 0 fully saturated rings. The highest BCUT2D eigenvalue weighted by Gasteiger charge is 2.36. The number of para-hydroxylation sites is 3. The summed E-state index contributed by atoms with van der Waals surface area (Å²) < 4.78 is 32.0. The summed E-state index contributed by atoms with van der Waals surface area (Å²) in [7, 11) is -3.52. The Labute approximate surface area is 153 Å². The van der Waals surface area contributed by atoms with Crippen LogP contribution < -0.4 is 14.4 Å². The van der Waals surface area contributed by atoms with Gasteiger partial charge in [-0.3, -0.25) is 9.10 Å². The zero-order chi connectivity index (χ0) is 18.9. The van der Waals surface area contributed by atoms with E-state index in [1.807, 2.05) is 32.0 Å². The lowest BCUT2D eigenvalue weighted by Crippen LogP contribution is -2.49. The van der Waals surface area contributed by atoms with Crippen LogP contribution in [0.5, 0.6) is 5.75 Å². The molecule has 1 aliphatic heterocycles. The van der Waals surface area contributed by atoms with Crippen LogP contribution in [-0.4, -0.2) is 32.7 Å². The number of benzene rings is 2. The van der Waals surface area contributed by atoms with Crippen molar-refractivity contribution in [2.75, 3.05) is 21.9 Å². The lowest BCUT2D eigenvalue weighted by atomic mass is 10.1. The van der Waals surface area contributed by atoms with E-state index < -0.39 is 16.1 Å². The summed E-state index contributed by atoms with van der Waals surface area (Å²) in [6.07, 6.45) is -0.926. The van der Waals surface area contributed by atoms with Crippen LogP contribution in [0.4, 0.5) is 11.4 Å². The van der Waals surface area contributed by atoms with Crippen molar-refractivity contribution in [2.24, 2.45) is 0 Å². The molecule has 26 heavy (non-hydrogen) atoms. The van der Waals surface area contributed by atoms with Crippen molar-refractivity contribution >= 4 is 27.3 Å². The molecule has 1 amide bonds. The molecule has 1 heterocycles. The Bertz CT molecular complexity index is 920. The Kier molecular flexibility index (Phi) is 4.91. The molecule has 1 aliphatic rings. The molecule has 1 atom stereocenters. The number of fused-ring (bicyclic) bond motifs is 1. The van der Waals surface area contributed by atoms with Crippen LogP contribution in [0, 0.1) is 13.8 Å². The number of carbonyl (C=O) groups excluding carboxylic acids is 1. The summed E-state index contributed by atoms with van der Waals surface area (Å²) in [6, 6.07) is 12.6. The molecule has 0 bridgehead atoms. The Morgan fingerprint density at radius 2 is 1.81 bits per heavy atom. The summed E-state index contributed by atoms with van der Waals surface area (Å²) in [4.78, 5) is 12.8. The first-order chi connectivity index (χ1) is 12.3. The molecule has 138 valence electrons. The van der Waals surface area contributed by atoms with E-state index in [1.54, 1.807) is 31.2 Å².